The Labute approximate surface area is 219 Å². The summed E-state index contributed by atoms with van der Waals surface area (Å²) in [6, 6.07) is 0. The molecule has 0 atom stereocenters. The van der Waals surface area contributed by atoms with Crippen LogP contribution in [0, 0.1) is 13.8 Å². The normalized spacial score (nSPS) is 18.3. The van der Waals surface area contributed by atoms with E-state index in [2.05, 4.69) is 74.0 Å². The molecule has 0 saturated heterocycles. The lowest BCUT2D eigenvalue weighted by molar-refractivity contribution is -0.116. The summed E-state index contributed by atoms with van der Waals surface area (Å²) in [5, 5.41) is 5.07. The van der Waals surface area contributed by atoms with Gasteiger partial charge in [0, 0.05) is 38.9 Å². The first kappa shape index (κ1) is 26.4. The predicted molar refractivity (Wildman–Crippen MR) is 152 cm³/mol. The van der Waals surface area contributed by atoms with E-state index in [1.807, 2.05) is 19.9 Å². The van der Waals surface area contributed by atoms with E-state index in [-0.39, 0.29) is 11.8 Å². The van der Waals surface area contributed by atoms with Crippen molar-refractivity contribution in [2.45, 2.75) is 81.1 Å². The van der Waals surface area contributed by atoms with Gasteiger partial charge in [0.25, 0.3) is 11.8 Å². The van der Waals surface area contributed by atoms with Crippen molar-refractivity contribution in [1.82, 2.24) is 15.3 Å². The first-order chi connectivity index (χ1) is 17.6. The van der Waals surface area contributed by atoms with E-state index in [9.17, 15) is 9.59 Å². The van der Waals surface area contributed by atoms with Gasteiger partial charge in [-0.3, -0.25) is 9.59 Å². The van der Waals surface area contributed by atoms with Gasteiger partial charge in [-0.15, -0.1) is 0 Å². The summed E-state index contributed by atoms with van der Waals surface area (Å²) >= 11 is 0. The largest absolute Gasteiger partial charge is 0.355 e. The number of carbonyl (C=O) groups is 2. The molecule has 0 aliphatic carbocycles. The molecule has 0 fully saturated rings. The van der Waals surface area contributed by atoms with Crippen LogP contribution >= 0.6 is 0 Å². The van der Waals surface area contributed by atoms with E-state index in [1.54, 1.807) is 0 Å². The zero-order valence-corrected chi connectivity index (χ0v) is 23.3. The van der Waals surface area contributed by atoms with Crippen LogP contribution in [0.1, 0.15) is 88.0 Å². The number of nitrogens with zero attached hydrogens (tertiary/aromatic N) is 1. The number of H-pyrrole nitrogens is 2. The second-order valence-electron chi connectivity index (χ2n) is 9.84. The van der Waals surface area contributed by atoms with Gasteiger partial charge >= 0.3 is 0 Å². The minimum atomic E-state index is -0.138. The monoisotopic (exact) mass is 498 g/mol. The van der Waals surface area contributed by atoms with E-state index in [1.165, 1.54) is 22.3 Å². The molecule has 2 aliphatic rings. The molecule has 2 amide bonds. The summed E-state index contributed by atoms with van der Waals surface area (Å²) in [6.07, 6.45) is 9.63. The van der Waals surface area contributed by atoms with Gasteiger partial charge in [0.15, 0.2) is 0 Å². The summed E-state index contributed by atoms with van der Waals surface area (Å²) in [5.74, 6) is -0.154. The number of aromatic nitrogens is 2. The van der Waals surface area contributed by atoms with Gasteiger partial charge in [-0.1, -0.05) is 27.7 Å². The van der Waals surface area contributed by atoms with Crippen molar-refractivity contribution in [1.29, 1.82) is 0 Å². The summed E-state index contributed by atoms with van der Waals surface area (Å²) < 4.78 is 0. The highest BCUT2D eigenvalue weighted by Gasteiger charge is 2.23. The van der Waals surface area contributed by atoms with Gasteiger partial charge < -0.3 is 15.3 Å². The third kappa shape index (κ3) is 4.61. The number of hydrogen-bond acceptors (Lipinski definition) is 2. The molecule has 0 unspecified atom stereocenters. The first-order valence-corrected chi connectivity index (χ1v) is 13.3. The fraction of sp³-hybridized carbons (Fsp3) is 0.387. The summed E-state index contributed by atoms with van der Waals surface area (Å²) in [7, 11) is 0. The maximum Gasteiger partial charge on any atom is 0.273 e. The smallest absolute Gasteiger partial charge is 0.273 e. The Morgan fingerprint density at radius 1 is 0.676 bits per heavy atom. The Hall–Kier alpha value is -3.67. The van der Waals surface area contributed by atoms with E-state index < -0.39 is 0 Å². The molecule has 3 N–H and O–H groups in total. The SMILES string of the molecule is CCC1=C(C)C(=O)N=C1/C=c1/[nH]/c(=C\c2[nH]c(/C=C3\NC(=O)C(C)=C3CC)c(C)c2CC)c(CC)c1C. The number of rotatable bonds is 7. The highest BCUT2D eigenvalue weighted by molar-refractivity contribution is 6.30. The van der Waals surface area contributed by atoms with Crippen LogP contribution in [0.5, 0.6) is 0 Å². The number of nitrogens with one attached hydrogen (secondary N) is 3. The Balaban J connectivity index is 1.84. The second-order valence-corrected chi connectivity index (χ2v) is 9.84. The number of hydrogen-bond donors (Lipinski definition) is 3. The molecule has 4 heterocycles. The highest BCUT2D eigenvalue weighted by Crippen LogP contribution is 2.28. The van der Waals surface area contributed by atoms with Crippen LogP contribution in [0.25, 0.3) is 18.2 Å². The number of aliphatic imine (C=N–C) groups is 1. The molecule has 0 saturated carbocycles. The topological polar surface area (TPSA) is 90.1 Å². The van der Waals surface area contributed by atoms with Crippen molar-refractivity contribution < 1.29 is 9.59 Å². The molecule has 2 aliphatic heterocycles. The fourth-order valence-electron chi connectivity index (χ4n) is 5.59. The lowest BCUT2D eigenvalue weighted by Crippen LogP contribution is -2.15. The maximum absolute atomic E-state index is 12.2. The standard InChI is InChI=1S/C31H38N4O2/c1-9-20-16(5)24(13-28-22(11-3)18(7)30(36)34-28)32-26(20)15-27-21(10-2)17(6)25(33-27)14-29-23(12-4)19(8)31(37)35-29/h13-15,32-33H,9-12H2,1-8H3,(H,34,36)/b25-14+,27-15-,28-13-. The van der Waals surface area contributed by atoms with Gasteiger partial charge in [0.05, 0.1) is 5.71 Å². The average Bonchev–Trinajstić information content (AvgIpc) is 3.51. The molecule has 0 bridgehead atoms. The van der Waals surface area contributed by atoms with E-state index >= 15 is 0 Å². The van der Waals surface area contributed by atoms with Gasteiger partial charge in [-0.25, -0.2) is 4.99 Å². The molecule has 6 nitrogen and oxygen atoms in total. The van der Waals surface area contributed by atoms with Crippen molar-refractivity contribution in [2.24, 2.45) is 4.99 Å². The van der Waals surface area contributed by atoms with Crippen molar-refractivity contribution in [3.63, 3.8) is 0 Å². The van der Waals surface area contributed by atoms with Gasteiger partial charge in [0.1, 0.15) is 0 Å². The summed E-state index contributed by atoms with van der Waals surface area (Å²) in [6.45, 7) is 16.5. The molecule has 4 rings (SSSR count). The van der Waals surface area contributed by atoms with Crippen molar-refractivity contribution >= 4 is 35.8 Å². The van der Waals surface area contributed by atoms with Crippen LogP contribution in [-0.2, 0) is 22.4 Å². The molecule has 0 radical (unpaired) electrons. The van der Waals surface area contributed by atoms with Crippen LogP contribution in [0.2, 0.25) is 0 Å². The Morgan fingerprint density at radius 2 is 1.35 bits per heavy atom. The number of aromatic amines is 2. The third-order valence-corrected chi connectivity index (χ3v) is 7.85. The second kappa shape index (κ2) is 10.4. The maximum atomic E-state index is 12.2. The predicted octanol–water partition coefficient (Wildman–Crippen LogP) is 4.60. The Morgan fingerprint density at radius 3 is 1.97 bits per heavy atom. The molecular formula is C31H38N4O2. The molecule has 37 heavy (non-hydrogen) atoms. The Kier molecular flexibility index (Phi) is 7.39. The van der Waals surface area contributed by atoms with E-state index in [0.29, 0.717) is 0 Å². The van der Waals surface area contributed by atoms with E-state index in [0.717, 1.165) is 81.5 Å². The molecular weight excluding hydrogens is 460 g/mol. The lowest BCUT2D eigenvalue weighted by atomic mass is 10.0. The number of carbonyl (C=O) groups excluding carboxylic acids is 2. The minimum absolute atomic E-state index is 0.0159. The zero-order valence-electron chi connectivity index (χ0n) is 23.3. The molecule has 6 heteroatoms. The molecule has 2 aromatic heterocycles. The number of amides is 2. The number of allylic oxidation sites excluding steroid dienone is 2. The third-order valence-electron chi connectivity index (χ3n) is 7.85. The van der Waals surface area contributed by atoms with Crippen LogP contribution < -0.4 is 16.0 Å². The quantitative estimate of drug-likeness (QED) is 0.521. The Bertz CT molecular complexity index is 1550. The highest BCUT2D eigenvalue weighted by atomic mass is 16.2. The van der Waals surface area contributed by atoms with Crippen molar-refractivity contribution in [3.8, 4) is 0 Å². The fourth-order valence-corrected chi connectivity index (χ4v) is 5.59. The van der Waals surface area contributed by atoms with Crippen LogP contribution in [-0.4, -0.2) is 27.5 Å². The zero-order chi connectivity index (χ0) is 27.0. The van der Waals surface area contributed by atoms with Crippen molar-refractivity contribution in [3.05, 3.63) is 72.3 Å². The van der Waals surface area contributed by atoms with Gasteiger partial charge in [-0.2, -0.15) is 0 Å². The molecule has 0 spiro atoms. The summed E-state index contributed by atoms with van der Waals surface area (Å²) in [4.78, 5) is 35.9. The average molecular weight is 499 g/mol. The molecule has 2 aromatic rings. The molecule has 194 valence electrons. The van der Waals surface area contributed by atoms with Crippen LogP contribution in [0.3, 0.4) is 0 Å². The summed E-state index contributed by atoms with van der Waals surface area (Å²) in [5.41, 5.74) is 12.2. The van der Waals surface area contributed by atoms with E-state index in [4.69, 9.17) is 0 Å². The van der Waals surface area contributed by atoms with Gasteiger partial charge in [-0.05, 0) is 105 Å². The van der Waals surface area contributed by atoms with Crippen LogP contribution in [0.4, 0.5) is 0 Å². The molecule has 0 aromatic carbocycles. The van der Waals surface area contributed by atoms with Crippen LogP contribution in [0.15, 0.2) is 33.0 Å². The first-order valence-electron chi connectivity index (χ1n) is 13.3. The minimum Gasteiger partial charge on any atom is -0.355 e. The van der Waals surface area contributed by atoms with Crippen molar-refractivity contribution in [2.75, 3.05) is 0 Å². The lowest BCUT2D eigenvalue weighted by Gasteiger charge is -2.03. The van der Waals surface area contributed by atoms with Gasteiger partial charge in [0.2, 0.25) is 0 Å².